The molecule has 0 aliphatic heterocycles. The number of carbonyl (C=O) groups excluding carboxylic acids is 1. The molecule has 2 rings (SSSR count). The number of hydrogen-bond donors (Lipinski definition) is 0. The largest absolute Gasteiger partial charge is 0.332 e. The van der Waals surface area contributed by atoms with Gasteiger partial charge in [-0.2, -0.15) is 0 Å². The smallest absolute Gasteiger partial charge is 0.246 e. The van der Waals surface area contributed by atoms with Gasteiger partial charge in [-0.25, -0.2) is 0 Å². The van der Waals surface area contributed by atoms with Crippen LogP contribution >= 0.6 is 0 Å². The van der Waals surface area contributed by atoms with Crippen LogP contribution in [0, 0.1) is 5.92 Å². The first kappa shape index (κ1) is 12.9. The van der Waals surface area contributed by atoms with Crippen molar-refractivity contribution in [3.63, 3.8) is 0 Å². The molecule has 1 unspecified atom stereocenters. The zero-order chi connectivity index (χ0) is 13.0. The lowest BCUT2D eigenvalue weighted by atomic mass is 10.1. The summed E-state index contributed by atoms with van der Waals surface area (Å²) in [5.74, 6) is 0.823. The summed E-state index contributed by atoms with van der Waals surface area (Å²) in [5, 5.41) is 0. The lowest BCUT2D eigenvalue weighted by molar-refractivity contribution is -0.129. The fourth-order valence-electron chi connectivity index (χ4n) is 2.27. The summed E-state index contributed by atoms with van der Waals surface area (Å²) in [6.45, 7) is 4.77. The Bertz CT molecular complexity index is 420. The second-order valence-corrected chi connectivity index (χ2v) is 5.03. The van der Waals surface area contributed by atoms with Gasteiger partial charge >= 0.3 is 0 Å². The second kappa shape index (κ2) is 5.85. The van der Waals surface area contributed by atoms with Gasteiger partial charge in [0.15, 0.2) is 0 Å². The highest BCUT2D eigenvalue weighted by Gasteiger charge is 2.33. The third-order valence-electron chi connectivity index (χ3n) is 3.58. The quantitative estimate of drug-likeness (QED) is 0.726. The molecule has 18 heavy (non-hydrogen) atoms. The molecule has 1 amide bonds. The van der Waals surface area contributed by atoms with E-state index in [-0.39, 0.29) is 5.91 Å². The van der Waals surface area contributed by atoms with E-state index in [0.29, 0.717) is 18.5 Å². The molecule has 1 saturated carbocycles. The molecule has 1 aliphatic rings. The van der Waals surface area contributed by atoms with E-state index >= 15 is 0 Å². The normalized spacial score (nSPS) is 16.8. The van der Waals surface area contributed by atoms with Crippen molar-refractivity contribution in [2.75, 3.05) is 0 Å². The van der Waals surface area contributed by atoms with Gasteiger partial charge in [0.1, 0.15) is 0 Å². The Morgan fingerprint density at radius 2 is 2.06 bits per heavy atom. The van der Waals surface area contributed by atoms with E-state index in [0.717, 1.165) is 0 Å². The van der Waals surface area contributed by atoms with Crippen molar-refractivity contribution in [1.29, 1.82) is 0 Å². The summed E-state index contributed by atoms with van der Waals surface area (Å²) in [4.78, 5) is 14.2. The minimum atomic E-state index is 0.126. The van der Waals surface area contributed by atoms with E-state index in [9.17, 15) is 4.79 Å². The number of rotatable bonds is 5. The van der Waals surface area contributed by atoms with Crippen LogP contribution in [0.15, 0.2) is 42.5 Å². The predicted molar refractivity (Wildman–Crippen MR) is 74.0 cm³/mol. The summed E-state index contributed by atoms with van der Waals surface area (Å²) in [7, 11) is 0. The van der Waals surface area contributed by atoms with Crippen LogP contribution in [0.5, 0.6) is 0 Å². The molecule has 0 N–H and O–H groups in total. The lowest BCUT2D eigenvalue weighted by Gasteiger charge is -2.28. The van der Waals surface area contributed by atoms with E-state index in [4.69, 9.17) is 0 Å². The number of allylic oxidation sites excluding steroid dienone is 1. The Balaban J connectivity index is 2.11. The van der Waals surface area contributed by atoms with Crippen LogP contribution in [-0.4, -0.2) is 16.8 Å². The SMILES string of the molecule is CC=CC(=O)N(Cc1ccccc1)C(C)C1CC1. The number of hydrogen-bond acceptors (Lipinski definition) is 1. The average Bonchev–Trinajstić information content (AvgIpc) is 3.21. The van der Waals surface area contributed by atoms with Crippen LogP contribution in [-0.2, 0) is 11.3 Å². The van der Waals surface area contributed by atoms with Gasteiger partial charge in [-0.1, -0.05) is 36.4 Å². The minimum Gasteiger partial charge on any atom is -0.332 e. The van der Waals surface area contributed by atoms with Gasteiger partial charge in [0.25, 0.3) is 0 Å². The third-order valence-corrected chi connectivity index (χ3v) is 3.58. The van der Waals surface area contributed by atoms with Crippen molar-refractivity contribution >= 4 is 5.91 Å². The molecule has 0 spiro atoms. The fourth-order valence-corrected chi connectivity index (χ4v) is 2.27. The molecule has 0 aromatic heterocycles. The first-order chi connectivity index (χ1) is 8.72. The zero-order valence-corrected chi connectivity index (χ0v) is 11.2. The summed E-state index contributed by atoms with van der Waals surface area (Å²) >= 11 is 0. The highest BCUT2D eigenvalue weighted by atomic mass is 16.2. The number of benzene rings is 1. The average molecular weight is 243 g/mol. The van der Waals surface area contributed by atoms with E-state index in [1.807, 2.05) is 36.1 Å². The lowest BCUT2D eigenvalue weighted by Crippen LogP contribution is -2.38. The summed E-state index contributed by atoms with van der Waals surface area (Å²) < 4.78 is 0. The molecule has 1 aromatic rings. The Kier molecular flexibility index (Phi) is 4.19. The first-order valence-corrected chi connectivity index (χ1v) is 6.69. The van der Waals surface area contributed by atoms with Crippen LogP contribution in [0.1, 0.15) is 32.3 Å². The summed E-state index contributed by atoms with van der Waals surface area (Å²) in [6, 6.07) is 10.6. The second-order valence-electron chi connectivity index (χ2n) is 5.03. The molecule has 1 fully saturated rings. The van der Waals surface area contributed by atoms with Gasteiger partial charge in [0, 0.05) is 12.6 Å². The molecule has 1 aromatic carbocycles. The Labute approximate surface area is 109 Å². The van der Waals surface area contributed by atoms with E-state index in [2.05, 4.69) is 19.1 Å². The van der Waals surface area contributed by atoms with Crippen molar-refractivity contribution < 1.29 is 4.79 Å². The third kappa shape index (κ3) is 3.22. The van der Waals surface area contributed by atoms with E-state index in [1.54, 1.807) is 6.08 Å². The van der Waals surface area contributed by atoms with Gasteiger partial charge in [-0.3, -0.25) is 4.79 Å². The highest BCUT2D eigenvalue weighted by molar-refractivity contribution is 5.87. The van der Waals surface area contributed by atoms with Gasteiger partial charge in [0.05, 0.1) is 0 Å². The molecule has 2 heteroatoms. The number of carbonyl (C=O) groups is 1. The predicted octanol–water partition coefficient (Wildman–Crippen LogP) is 3.39. The topological polar surface area (TPSA) is 20.3 Å². The molecule has 0 heterocycles. The van der Waals surface area contributed by atoms with Crippen molar-refractivity contribution in [2.45, 2.75) is 39.3 Å². The molecule has 1 aliphatic carbocycles. The van der Waals surface area contributed by atoms with Crippen molar-refractivity contribution in [3.8, 4) is 0 Å². The first-order valence-electron chi connectivity index (χ1n) is 6.69. The fraction of sp³-hybridized carbons (Fsp3) is 0.438. The molecule has 0 saturated heterocycles. The molecular formula is C16H21NO. The number of amides is 1. The molecule has 2 nitrogen and oxygen atoms in total. The molecular weight excluding hydrogens is 222 g/mol. The van der Waals surface area contributed by atoms with Crippen LogP contribution in [0.25, 0.3) is 0 Å². The van der Waals surface area contributed by atoms with Gasteiger partial charge in [-0.05, 0) is 44.2 Å². The zero-order valence-electron chi connectivity index (χ0n) is 11.2. The maximum absolute atomic E-state index is 12.2. The highest BCUT2D eigenvalue weighted by Crippen LogP contribution is 2.35. The maximum Gasteiger partial charge on any atom is 0.246 e. The minimum absolute atomic E-state index is 0.126. The van der Waals surface area contributed by atoms with Crippen molar-refractivity contribution in [1.82, 2.24) is 4.90 Å². The van der Waals surface area contributed by atoms with Crippen molar-refractivity contribution in [2.24, 2.45) is 5.92 Å². The van der Waals surface area contributed by atoms with Crippen LogP contribution in [0.2, 0.25) is 0 Å². The van der Waals surface area contributed by atoms with E-state index < -0.39 is 0 Å². The van der Waals surface area contributed by atoms with Crippen LogP contribution < -0.4 is 0 Å². The molecule has 0 radical (unpaired) electrons. The maximum atomic E-state index is 12.2. The van der Waals surface area contributed by atoms with Gasteiger partial charge in [-0.15, -0.1) is 0 Å². The Morgan fingerprint density at radius 1 is 1.39 bits per heavy atom. The van der Waals surface area contributed by atoms with E-state index in [1.165, 1.54) is 18.4 Å². The van der Waals surface area contributed by atoms with Crippen LogP contribution in [0.4, 0.5) is 0 Å². The molecule has 1 atom stereocenters. The van der Waals surface area contributed by atoms with Crippen LogP contribution in [0.3, 0.4) is 0 Å². The monoisotopic (exact) mass is 243 g/mol. The number of nitrogens with zero attached hydrogens (tertiary/aromatic N) is 1. The summed E-state index contributed by atoms with van der Waals surface area (Å²) in [5.41, 5.74) is 1.20. The molecule has 0 bridgehead atoms. The van der Waals surface area contributed by atoms with Gasteiger partial charge < -0.3 is 4.90 Å². The summed E-state index contributed by atoms with van der Waals surface area (Å²) in [6.07, 6.45) is 6.01. The van der Waals surface area contributed by atoms with Gasteiger partial charge in [0.2, 0.25) is 5.91 Å². The molecule has 96 valence electrons. The Morgan fingerprint density at radius 3 is 2.61 bits per heavy atom. The Hall–Kier alpha value is -1.57. The standard InChI is InChI=1S/C16H21NO/c1-3-7-16(18)17(13(2)15-10-11-15)12-14-8-5-4-6-9-14/h3-9,13,15H,10-12H2,1-2H3. The van der Waals surface area contributed by atoms with Crippen molar-refractivity contribution in [3.05, 3.63) is 48.0 Å².